The van der Waals surface area contributed by atoms with Crippen LogP contribution in [0.2, 0.25) is 0 Å². The fraction of sp³-hybridized carbons (Fsp3) is 0.346. The zero-order chi connectivity index (χ0) is 23.0. The van der Waals surface area contributed by atoms with Gasteiger partial charge in [-0.05, 0) is 56.2 Å². The van der Waals surface area contributed by atoms with Gasteiger partial charge >= 0.3 is 0 Å². The number of para-hydroxylation sites is 1. The standard InChI is InChI=1S/C26H30N4O3/c1-19-7-9-21(10-8-19)33-18-15-27-26(31)20-13-16-30(17-14-20)25-12-11-23(28-29-25)22-5-3-4-6-24(22)32-2/h3-12,20H,13-18H2,1-2H3,(H,27,31). The number of carbonyl (C=O) groups is 1. The van der Waals surface area contributed by atoms with Gasteiger partial charge in [-0.1, -0.05) is 29.8 Å². The predicted octanol–water partition coefficient (Wildman–Crippen LogP) is 3.87. The molecule has 3 aromatic rings. The molecule has 0 radical (unpaired) electrons. The number of hydrogen-bond acceptors (Lipinski definition) is 6. The first-order valence-electron chi connectivity index (χ1n) is 11.3. The van der Waals surface area contributed by atoms with Crippen molar-refractivity contribution in [1.29, 1.82) is 0 Å². The average Bonchev–Trinajstić information content (AvgIpc) is 2.88. The topological polar surface area (TPSA) is 76.6 Å². The van der Waals surface area contributed by atoms with E-state index in [0.29, 0.717) is 13.2 Å². The SMILES string of the molecule is COc1ccccc1-c1ccc(N2CCC(C(=O)NCCOc3ccc(C)cc3)CC2)nn1. The number of aryl methyl sites for hydroxylation is 1. The quantitative estimate of drug-likeness (QED) is 0.530. The molecule has 172 valence electrons. The van der Waals surface area contributed by atoms with E-state index in [4.69, 9.17) is 9.47 Å². The predicted molar refractivity (Wildman–Crippen MR) is 129 cm³/mol. The minimum absolute atomic E-state index is 0.0152. The third-order valence-corrected chi connectivity index (χ3v) is 5.91. The molecule has 7 heteroatoms. The molecule has 0 spiro atoms. The molecule has 1 amide bonds. The van der Waals surface area contributed by atoms with Crippen molar-refractivity contribution in [1.82, 2.24) is 15.5 Å². The summed E-state index contributed by atoms with van der Waals surface area (Å²) in [7, 11) is 1.65. The Morgan fingerprint density at radius 3 is 2.48 bits per heavy atom. The molecular weight excluding hydrogens is 416 g/mol. The van der Waals surface area contributed by atoms with Gasteiger partial charge in [0.15, 0.2) is 5.82 Å². The fourth-order valence-electron chi connectivity index (χ4n) is 3.99. The molecule has 0 atom stereocenters. The molecular formula is C26H30N4O3. The number of carbonyl (C=O) groups excluding carboxylic acids is 1. The number of nitrogens with one attached hydrogen (secondary N) is 1. The summed E-state index contributed by atoms with van der Waals surface area (Å²) in [6.45, 7) is 4.56. The maximum absolute atomic E-state index is 12.5. The summed E-state index contributed by atoms with van der Waals surface area (Å²) in [6.07, 6.45) is 1.58. The van der Waals surface area contributed by atoms with Gasteiger partial charge in [-0.3, -0.25) is 4.79 Å². The van der Waals surface area contributed by atoms with E-state index in [0.717, 1.165) is 54.5 Å². The van der Waals surface area contributed by atoms with E-state index < -0.39 is 0 Å². The Kier molecular flexibility index (Phi) is 7.40. The molecule has 0 saturated carbocycles. The number of aromatic nitrogens is 2. The Morgan fingerprint density at radius 2 is 1.79 bits per heavy atom. The summed E-state index contributed by atoms with van der Waals surface area (Å²) in [5, 5.41) is 11.8. The Morgan fingerprint density at radius 1 is 1.03 bits per heavy atom. The number of anilines is 1. The summed E-state index contributed by atoms with van der Waals surface area (Å²) in [5.41, 5.74) is 2.89. The highest BCUT2D eigenvalue weighted by Gasteiger charge is 2.25. The number of hydrogen-bond donors (Lipinski definition) is 1. The van der Waals surface area contributed by atoms with Crippen LogP contribution >= 0.6 is 0 Å². The summed E-state index contributed by atoms with van der Waals surface area (Å²) in [4.78, 5) is 14.7. The van der Waals surface area contributed by atoms with Gasteiger partial charge in [-0.15, -0.1) is 10.2 Å². The van der Waals surface area contributed by atoms with Crippen LogP contribution in [0, 0.1) is 12.8 Å². The summed E-state index contributed by atoms with van der Waals surface area (Å²) < 4.78 is 11.1. The Bertz CT molecular complexity index is 1050. The maximum atomic E-state index is 12.5. The third kappa shape index (κ3) is 5.80. The molecule has 0 unspecified atom stereocenters. The molecule has 1 saturated heterocycles. The zero-order valence-electron chi connectivity index (χ0n) is 19.2. The van der Waals surface area contributed by atoms with Crippen LogP contribution in [0.5, 0.6) is 11.5 Å². The number of ether oxygens (including phenoxy) is 2. The second-order valence-corrected chi connectivity index (χ2v) is 8.19. The van der Waals surface area contributed by atoms with Crippen LogP contribution in [-0.2, 0) is 4.79 Å². The lowest BCUT2D eigenvalue weighted by atomic mass is 9.96. The maximum Gasteiger partial charge on any atom is 0.223 e. The zero-order valence-corrected chi connectivity index (χ0v) is 19.2. The van der Waals surface area contributed by atoms with Gasteiger partial charge in [0.05, 0.1) is 19.3 Å². The monoisotopic (exact) mass is 446 g/mol. The van der Waals surface area contributed by atoms with Crippen LogP contribution in [0.25, 0.3) is 11.3 Å². The van der Waals surface area contributed by atoms with Crippen LogP contribution < -0.4 is 19.7 Å². The Balaban J connectivity index is 1.23. The summed E-state index contributed by atoms with van der Waals surface area (Å²) in [5.74, 6) is 2.54. The smallest absolute Gasteiger partial charge is 0.223 e. The van der Waals surface area contributed by atoms with Crippen LogP contribution in [0.15, 0.2) is 60.7 Å². The van der Waals surface area contributed by atoms with E-state index in [1.165, 1.54) is 5.56 Å². The first-order chi connectivity index (χ1) is 16.1. The van der Waals surface area contributed by atoms with E-state index in [1.807, 2.05) is 67.6 Å². The number of amides is 1. The van der Waals surface area contributed by atoms with Crippen molar-refractivity contribution in [2.45, 2.75) is 19.8 Å². The van der Waals surface area contributed by atoms with Crippen molar-refractivity contribution in [2.75, 3.05) is 38.3 Å². The van der Waals surface area contributed by atoms with Crippen molar-refractivity contribution in [3.05, 3.63) is 66.2 Å². The molecule has 2 heterocycles. The van der Waals surface area contributed by atoms with Crippen molar-refractivity contribution >= 4 is 11.7 Å². The molecule has 1 aliphatic heterocycles. The largest absolute Gasteiger partial charge is 0.496 e. The Hall–Kier alpha value is -3.61. The second kappa shape index (κ2) is 10.8. The highest BCUT2D eigenvalue weighted by atomic mass is 16.5. The molecule has 7 nitrogen and oxygen atoms in total. The van der Waals surface area contributed by atoms with Crippen molar-refractivity contribution in [3.63, 3.8) is 0 Å². The van der Waals surface area contributed by atoms with Gasteiger partial charge in [0, 0.05) is 24.6 Å². The number of benzene rings is 2. The first-order valence-corrected chi connectivity index (χ1v) is 11.3. The van der Waals surface area contributed by atoms with Crippen LogP contribution in [0.1, 0.15) is 18.4 Å². The van der Waals surface area contributed by atoms with Crippen LogP contribution in [-0.4, -0.2) is 49.5 Å². The molecule has 33 heavy (non-hydrogen) atoms. The highest BCUT2D eigenvalue weighted by Crippen LogP contribution is 2.29. The van der Waals surface area contributed by atoms with E-state index in [-0.39, 0.29) is 11.8 Å². The first kappa shape index (κ1) is 22.6. The number of nitrogens with zero attached hydrogens (tertiary/aromatic N) is 3. The molecule has 4 rings (SSSR count). The van der Waals surface area contributed by atoms with E-state index >= 15 is 0 Å². The highest BCUT2D eigenvalue weighted by molar-refractivity contribution is 5.79. The average molecular weight is 447 g/mol. The van der Waals surface area contributed by atoms with Gasteiger partial charge in [0.2, 0.25) is 5.91 Å². The minimum atomic E-state index is 0.0152. The van der Waals surface area contributed by atoms with Crippen LogP contribution in [0.3, 0.4) is 0 Å². The molecule has 0 aliphatic carbocycles. The van der Waals surface area contributed by atoms with Crippen molar-refractivity contribution in [3.8, 4) is 22.8 Å². The van der Waals surface area contributed by atoms with Gasteiger partial charge in [-0.2, -0.15) is 0 Å². The summed E-state index contributed by atoms with van der Waals surface area (Å²) in [6, 6.07) is 19.6. The molecule has 1 fully saturated rings. The van der Waals surface area contributed by atoms with Gasteiger partial charge in [0.1, 0.15) is 18.1 Å². The number of piperidine rings is 1. The second-order valence-electron chi connectivity index (χ2n) is 8.19. The molecule has 2 aromatic carbocycles. The van der Waals surface area contributed by atoms with Gasteiger partial charge in [-0.25, -0.2) is 0 Å². The van der Waals surface area contributed by atoms with E-state index in [1.54, 1.807) is 7.11 Å². The van der Waals surface area contributed by atoms with Gasteiger partial charge in [0.25, 0.3) is 0 Å². The van der Waals surface area contributed by atoms with E-state index in [9.17, 15) is 4.79 Å². The normalized spacial score (nSPS) is 14.1. The number of rotatable bonds is 8. The van der Waals surface area contributed by atoms with Crippen molar-refractivity contribution < 1.29 is 14.3 Å². The fourth-order valence-corrected chi connectivity index (χ4v) is 3.99. The minimum Gasteiger partial charge on any atom is -0.496 e. The lowest BCUT2D eigenvalue weighted by molar-refractivity contribution is -0.125. The van der Waals surface area contributed by atoms with Crippen LogP contribution in [0.4, 0.5) is 5.82 Å². The molecule has 1 N–H and O–H groups in total. The lowest BCUT2D eigenvalue weighted by Gasteiger charge is -2.31. The van der Waals surface area contributed by atoms with Gasteiger partial charge < -0.3 is 19.7 Å². The molecule has 0 bridgehead atoms. The van der Waals surface area contributed by atoms with Crippen molar-refractivity contribution in [2.24, 2.45) is 5.92 Å². The lowest BCUT2D eigenvalue weighted by Crippen LogP contribution is -2.41. The molecule has 1 aliphatic rings. The molecule has 1 aromatic heterocycles. The Labute approximate surface area is 194 Å². The third-order valence-electron chi connectivity index (χ3n) is 5.91. The van der Waals surface area contributed by atoms with E-state index in [2.05, 4.69) is 20.4 Å². The number of methoxy groups -OCH3 is 1. The summed E-state index contributed by atoms with van der Waals surface area (Å²) >= 11 is 0.